The third-order valence-corrected chi connectivity index (χ3v) is 6.54. The second kappa shape index (κ2) is 7.46. The molecular formula is C24H21N3O2S. The highest BCUT2D eigenvalue weighted by Gasteiger charge is 2.25. The number of thiophene rings is 1. The quantitative estimate of drug-likeness (QED) is 0.525. The van der Waals surface area contributed by atoms with E-state index in [9.17, 15) is 4.79 Å². The van der Waals surface area contributed by atoms with Crippen LogP contribution in [0.2, 0.25) is 0 Å². The highest BCUT2D eigenvalue weighted by Crippen LogP contribution is 2.38. The molecule has 1 amide bonds. The predicted octanol–water partition coefficient (Wildman–Crippen LogP) is 4.69. The van der Waals surface area contributed by atoms with Crippen molar-refractivity contribution in [3.63, 3.8) is 0 Å². The number of pyridine rings is 1. The second-order valence-electron chi connectivity index (χ2n) is 7.39. The van der Waals surface area contributed by atoms with Gasteiger partial charge < -0.3 is 15.4 Å². The third kappa shape index (κ3) is 3.19. The molecule has 150 valence electrons. The zero-order valence-corrected chi connectivity index (χ0v) is 17.4. The standard InChI is InChI=1S/C24H21N3O2S/c1-29-18-4-2-3-15(11-18)12-22(28)27-9-7-17-13-16(5-6-21(17)27)20-14-26-24(25)19-8-10-30-23(19)20/h2-6,8,10-11,13-14H,7,9,12H2,1H3,(H2,25,26). The number of benzene rings is 2. The smallest absolute Gasteiger partial charge is 0.231 e. The summed E-state index contributed by atoms with van der Waals surface area (Å²) in [5, 5.41) is 3.03. The van der Waals surface area contributed by atoms with Gasteiger partial charge in [-0.05, 0) is 58.8 Å². The zero-order chi connectivity index (χ0) is 20.7. The Morgan fingerprint density at radius 3 is 3.00 bits per heavy atom. The molecule has 5 rings (SSSR count). The summed E-state index contributed by atoms with van der Waals surface area (Å²) in [6.07, 6.45) is 3.05. The number of hydrogen-bond donors (Lipinski definition) is 1. The Morgan fingerprint density at radius 1 is 1.23 bits per heavy atom. The molecule has 0 bridgehead atoms. The fraction of sp³-hybridized carbons (Fsp3) is 0.167. The van der Waals surface area contributed by atoms with E-state index in [1.165, 1.54) is 5.56 Å². The van der Waals surface area contributed by atoms with E-state index < -0.39 is 0 Å². The number of fused-ring (bicyclic) bond motifs is 2. The average Bonchev–Trinajstić information content (AvgIpc) is 3.41. The summed E-state index contributed by atoms with van der Waals surface area (Å²) >= 11 is 1.67. The largest absolute Gasteiger partial charge is 0.497 e. The lowest BCUT2D eigenvalue weighted by Gasteiger charge is -2.18. The highest BCUT2D eigenvalue weighted by molar-refractivity contribution is 7.17. The first kappa shape index (κ1) is 18.6. The van der Waals surface area contributed by atoms with Gasteiger partial charge in [0.1, 0.15) is 11.6 Å². The first-order valence-electron chi connectivity index (χ1n) is 9.82. The van der Waals surface area contributed by atoms with Gasteiger partial charge in [-0.25, -0.2) is 4.98 Å². The van der Waals surface area contributed by atoms with Gasteiger partial charge in [0.25, 0.3) is 0 Å². The van der Waals surface area contributed by atoms with Crippen LogP contribution in [0.5, 0.6) is 5.75 Å². The molecule has 0 atom stereocenters. The Labute approximate surface area is 178 Å². The van der Waals surface area contributed by atoms with E-state index in [2.05, 4.69) is 23.2 Å². The van der Waals surface area contributed by atoms with Crippen LogP contribution in [-0.2, 0) is 17.6 Å². The second-order valence-corrected chi connectivity index (χ2v) is 8.30. The van der Waals surface area contributed by atoms with Crippen molar-refractivity contribution in [3.05, 3.63) is 71.2 Å². The molecule has 2 N–H and O–H groups in total. The number of amides is 1. The molecule has 6 heteroatoms. The molecule has 5 nitrogen and oxygen atoms in total. The number of carbonyl (C=O) groups is 1. The summed E-state index contributed by atoms with van der Waals surface area (Å²) in [4.78, 5) is 19.2. The van der Waals surface area contributed by atoms with E-state index >= 15 is 0 Å². The lowest BCUT2D eigenvalue weighted by molar-refractivity contribution is -0.117. The number of nitrogen functional groups attached to an aromatic ring is 1. The molecule has 4 aromatic rings. The van der Waals surface area contributed by atoms with Gasteiger partial charge in [0.05, 0.1) is 13.5 Å². The van der Waals surface area contributed by atoms with Gasteiger partial charge in [-0.1, -0.05) is 18.2 Å². The normalized spacial score (nSPS) is 12.9. The van der Waals surface area contributed by atoms with Crippen LogP contribution >= 0.6 is 11.3 Å². The van der Waals surface area contributed by atoms with Crippen molar-refractivity contribution in [1.82, 2.24) is 4.98 Å². The molecular weight excluding hydrogens is 394 g/mol. The van der Waals surface area contributed by atoms with E-state index in [0.29, 0.717) is 18.8 Å². The number of aromatic nitrogens is 1. The van der Waals surface area contributed by atoms with E-state index in [1.807, 2.05) is 46.8 Å². The minimum atomic E-state index is 0.101. The lowest BCUT2D eigenvalue weighted by atomic mass is 10.0. The van der Waals surface area contributed by atoms with E-state index in [-0.39, 0.29) is 5.91 Å². The summed E-state index contributed by atoms with van der Waals surface area (Å²) in [7, 11) is 1.63. The number of carbonyl (C=O) groups excluding carboxylic acids is 1. The molecule has 0 radical (unpaired) electrons. The summed E-state index contributed by atoms with van der Waals surface area (Å²) in [5.74, 6) is 1.43. The number of nitrogens with zero attached hydrogens (tertiary/aromatic N) is 2. The minimum absolute atomic E-state index is 0.101. The van der Waals surface area contributed by atoms with Gasteiger partial charge >= 0.3 is 0 Å². The Hall–Kier alpha value is -3.38. The van der Waals surface area contributed by atoms with Gasteiger partial charge in [0, 0.05) is 34.1 Å². The monoisotopic (exact) mass is 415 g/mol. The van der Waals surface area contributed by atoms with Crippen molar-refractivity contribution in [3.8, 4) is 16.9 Å². The van der Waals surface area contributed by atoms with Crippen LogP contribution in [0.15, 0.2) is 60.1 Å². The first-order chi connectivity index (χ1) is 14.6. The predicted molar refractivity (Wildman–Crippen MR) is 122 cm³/mol. The van der Waals surface area contributed by atoms with Crippen LogP contribution in [0, 0.1) is 0 Å². The van der Waals surface area contributed by atoms with Gasteiger partial charge in [0.15, 0.2) is 0 Å². The molecule has 2 aromatic carbocycles. The Bertz CT molecular complexity index is 1260. The summed E-state index contributed by atoms with van der Waals surface area (Å²) in [6, 6.07) is 16.0. The zero-order valence-electron chi connectivity index (χ0n) is 16.6. The number of rotatable bonds is 4. The lowest BCUT2D eigenvalue weighted by Crippen LogP contribution is -2.30. The molecule has 30 heavy (non-hydrogen) atoms. The maximum absolute atomic E-state index is 13.0. The topological polar surface area (TPSA) is 68.5 Å². The molecule has 0 unspecified atom stereocenters. The fourth-order valence-corrected chi connectivity index (χ4v) is 5.01. The molecule has 0 spiro atoms. The maximum atomic E-state index is 13.0. The van der Waals surface area contributed by atoms with E-state index in [4.69, 9.17) is 10.5 Å². The van der Waals surface area contributed by atoms with Crippen molar-refractivity contribution < 1.29 is 9.53 Å². The number of hydrogen-bond acceptors (Lipinski definition) is 5. The number of ether oxygens (including phenoxy) is 1. The van der Waals surface area contributed by atoms with Crippen LogP contribution in [-0.4, -0.2) is 24.5 Å². The van der Waals surface area contributed by atoms with Crippen molar-refractivity contribution >= 4 is 38.8 Å². The van der Waals surface area contributed by atoms with E-state index in [1.54, 1.807) is 18.4 Å². The fourth-order valence-electron chi connectivity index (χ4n) is 4.07. The van der Waals surface area contributed by atoms with Crippen LogP contribution < -0.4 is 15.4 Å². The SMILES string of the molecule is COc1cccc(CC(=O)N2CCc3cc(-c4cnc(N)c5ccsc45)ccc32)c1. The Morgan fingerprint density at radius 2 is 2.13 bits per heavy atom. The van der Waals surface area contributed by atoms with Crippen molar-refractivity contribution in [2.24, 2.45) is 0 Å². The first-order valence-corrected chi connectivity index (χ1v) is 10.7. The number of methoxy groups -OCH3 is 1. The van der Waals surface area contributed by atoms with Gasteiger partial charge in [0.2, 0.25) is 5.91 Å². The average molecular weight is 416 g/mol. The van der Waals surface area contributed by atoms with Crippen molar-refractivity contribution in [1.29, 1.82) is 0 Å². The molecule has 0 saturated carbocycles. The molecule has 0 fully saturated rings. The number of anilines is 2. The number of nitrogens with two attached hydrogens (primary N) is 1. The molecule has 0 aliphatic carbocycles. The van der Waals surface area contributed by atoms with Crippen molar-refractivity contribution in [2.75, 3.05) is 24.3 Å². The minimum Gasteiger partial charge on any atom is -0.497 e. The van der Waals surface area contributed by atoms with Crippen LogP contribution in [0.25, 0.3) is 21.2 Å². The van der Waals surface area contributed by atoms with Gasteiger partial charge in [-0.3, -0.25) is 4.79 Å². The summed E-state index contributed by atoms with van der Waals surface area (Å²) < 4.78 is 6.41. The molecule has 1 aliphatic heterocycles. The van der Waals surface area contributed by atoms with Crippen LogP contribution in [0.1, 0.15) is 11.1 Å². The van der Waals surface area contributed by atoms with Crippen LogP contribution in [0.4, 0.5) is 11.5 Å². The molecule has 2 aromatic heterocycles. The Kier molecular flexibility index (Phi) is 4.64. The summed E-state index contributed by atoms with van der Waals surface area (Å²) in [5.41, 5.74) is 11.3. The Balaban J connectivity index is 1.43. The van der Waals surface area contributed by atoms with E-state index in [0.717, 1.165) is 44.6 Å². The molecule has 1 aliphatic rings. The highest BCUT2D eigenvalue weighted by atomic mass is 32.1. The third-order valence-electron chi connectivity index (χ3n) is 5.60. The van der Waals surface area contributed by atoms with Gasteiger partial charge in [-0.2, -0.15) is 0 Å². The maximum Gasteiger partial charge on any atom is 0.231 e. The molecule has 0 saturated heterocycles. The van der Waals surface area contributed by atoms with Crippen molar-refractivity contribution in [2.45, 2.75) is 12.8 Å². The summed E-state index contributed by atoms with van der Waals surface area (Å²) in [6.45, 7) is 0.704. The molecule has 3 heterocycles. The van der Waals surface area contributed by atoms with Gasteiger partial charge in [-0.15, -0.1) is 11.3 Å². The van der Waals surface area contributed by atoms with Crippen LogP contribution in [0.3, 0.4) is 0 Å².